The van der Waals surface area contributed by atoms with E-state index in [2.05, 4.69) is 112 Å². The van der Waals surface area contributed by atoms with Gasteiger partial charge in [0.25, 0.3) is 0 Å². The van der Waals surface area contributed by atoms with Crippen molar-refractivity contribution >= 4 is 54.4 Å². The monoisotopic (exact) mass is 768 g/mol. The summed E-state index contributed by atoms with van der Waals surface area (Å²) in [7, 11) is 0. The molecule has 8 heteroatoms. The molecular weight excluding hydrogens is 737 g/mol. The Kier molecular flexibility index (Phi) is 7.67. The zero-order chi connectivity index (χ0) is 39.6. The first-order valence-corrected chi connectivity index (χ1v) is 19.9. The van der Waals surface area contributed by atoms with Gasteiger partial charge in [-0.05, 0) is 47.2 Å². The van der Waals surface area contributed by atoms with Gasteiger partial charge in [-0.1, -0.05) is 158 Å². The Hall–Kier alpha value is -8.36. The third-order valence-corrected chi connectivity index (χ3v) is 11.2. The zero-order valence-electron chi connectivity index (χ0n) is 32.1. The second kappa shape index (κ2) is 13.6. The van der Waals surface area contributed by atoms with Crippen molar-refractivity contribution in [3.05, 3.63) is 194 Å². The van der Waals surface area contributed by atoms with E-state index in [4.69, 9.17) is 29.9 Å². The van der Waals surface area contributed by atoms with E-state index in [0.29, 0.717) is 35.2 Å². The predicted molar refractivity (Wildman–Crippen MR) is 241 cm³/mol. The highest BCUT2D eigenvalue weighted by Crippen LogP contribution is 2.38. The summed E-state index contributed by atoms with van der Waals surface area (Å²) in [4.78, 5) is 30.8. The molecular formula is C52H32N8. The largest absolute Gasteiger partial charge is 0.278 e. The first-order chi connectivity index (χ1) is 29.7. The van der Waals surface area contributed by atoms with Crippen LogP contribution in [0.25, 0.3) is 112 Å². The van der Waals surface area contributed by atoms with Crippen molar-refractivity contribution < 1.29 is 0 Å². The standard InChI is InChI=1S/C52H32N8/c1-4-17-34(18-5-1)47-53-48(35-19-6-2-7-20-35)56-51(55-47)59-42-26-14-12-24-39(42)41-32-37(29-30-44(41)59)50-54-49(36-21-8-3-9-22-36)57-52(58-50)60-43-27-15-13-25-40(43)46-38-23-11-10-16-33(38)28-31-45(46)60/h1-32H. The van der Waals surface area contributed by atoms with Gasteiger partial charge in [0, 0.05) is 43.8 Å². The molecule has 0 bridgehead atoms. The van der Waals surface area contributed by atoms with Gasteiger partial charge < -0.3 is 0 Å². The summed E-state index contributed by atoms with van der Waals surface area (Å²) >= 11 is 0. The van der Waals surface area contributed by atoms with Gasteiger partial charge in [0.2, 0.25) is 11.9 Å². The number of fused-ring (bicyclic) bond motifs is 8. The van der Waals surface area contributed by atoms with Crippen molar-refractivity contribution in [2.45, 2.75) is 0 Å². The lowest BCUT2D eigenvalue weighted by molar-refractivity contribution is 0.952. The van der Waals surface area contributed by atoms with Crippen LogP contribution in [0, 0.1) is 0 Å². The molecule has 60 heavy (non-hydrogen) atoms. The van der Waals surface area contributed by atoms with Crippen LogP contribution in [0.15, 0.2) is 194 Å². The van der Waals surface area contributed by atoms with Gasteiger partial charge in [0.05, 0.1) is 22.1 Å². The fourth-order valence-electron chi connectivity index (χ4n) is 8.49. The summed E-state index contributed by atoms with van der Waals surface area (Å²) in [6.07, 6.45) is 0. The lowest BCUT2D eigenvalue weighted by Crippen LogP contribution is -2.07. The zero-order valence-corrected chi connectivity index (χ0v) is 32.1. The first kappa shape index (κ1) is 33.7. The molecule has 8 aromatic carbocycles. The Bertz CT molecular complexity index is 3540. The summed E-state index contributed by atoms with van der Waals surface area (Å²) in [6.45, 7) is 0. The van der Waals surface area contributed by atoms with Crippen molar-refractivity contribution in [3.8, 4) is 57.4 Å². The predicted octanol–water partition coefficient (Wildman–Crippen LogP) is 12.1. The first-order valence-electron chi connectivity index (χ1n) is 19.9. The van der Waals surface area contributed by atoms with E-state index in [-0.39, 0.29) is 0 Å². The average molecular weight is 769 g/mol. The second-order valence-corrected chi connectivity index (χ2v) is 14.8. The van der Waals surface area contributed by atoms with Crippen LogP contribution in [0.4, 0.5) is 0 Å². The van der Waals surface area contributed by atoms with Gasteiger partial charge in [0.1, 0.15) is 0 Å². The maximum absolute atomic E-state index is 5.30. The molecule has 0 amide bonds. The van der Waals surface area contributed by atoms with E-state index in [1.165, 1.54) is 16.2 Å². The summed E-state index contributed by atoms with van der Waals surface area (Å²) in [6, 6.07) is 66.4. The normalized spacial score (nSPS) is 11.7. The summed E-state index contributed by atoms with van der Waals surface area (Å²) in [5, 5.41) is 6.78. The molecule has 0 N–H and O–H groups in total. The van der Waals surface area contributed by atoms with Gasteiger partial charge in [0.15, 0.2) is 23.3 Å². The highest BCUT2D eigenvalue weighted by molar-refractivity contribution is 6.21. The maximum Gasteiger partial charge on any atom is 0.238 e. The number of hydrogen-bond acceptors (Lipinski definition) is 6. The van der Waals surface area contributed by atoms with Crippen molar-refractivity contribution in [1.82, 2.24) is 39.0 Å². The van der Waals surface area contributed by atoms with Gasteiger partial charge in [-0.15, -0.1) is 0 Å². The number of aromatic nitrogens is 8. The maximum atomic E-state index is 5.30. The van der Waals surface area contributed by atoms with Crippen LogP contribution >= 0.6 is 0 Å². The van der Waals surface area contributed by atoms with Gasteiger partial charge in [-0.25, -0.2) is 9.97 Å². The number of hydrogen-bond donors (Lipinski definition) is 0. The minimum Gasteiger partial charge on any atom is -0.278 e. The average Bonchev–Trinajstić information content (AvgIpc) is 3.85. The fourth-order valence-corrected chi connectivity index (χ4v) is 8.49. The molecule has 0 saturated carbocycles. The van der Waals surface area contributed by atoms with E-state index >= 15 is 0 Å². The van der Waals surface area contributed by atoms with Crippen LogP contribution < -0.4 is 0 Å². The van der Waals surface area contributed by atoms with Crippen LogP contribution in [-0.4, -0.2) is 39.0 Å². The molecule has 0 radical (unpaired) electrons. The molecule has 0 aliphatic carbocycles. The van der Waals surface area contributed by atoms with Crippen LogP contribution in [0.3, 0.4) is 0 Å². The number of benzene rings is 8. The topological polar surface area (TPSA) is 87.2 Å². The van der Waals surface area contributed by atoms with E-state index in [9.17, 15) is 0 Å². The lowest BCUT2D eigenvalue weighted by Gasteiger charge is -2.12. The second-order valence-electron chi connectivity index (χ2n) is 14.8. The minimum atomic E-state index is 0.536. The Labute approximate surface area is 343 Å². The number of nitrogens with zero attached hydrogens (tertiary/aromatic N) is 8. The van der Waals surface area contributed by atoms with Gasteiger partial charge in [-0.3, -0.25) is 9.13 Å². The van der Waals surface area contributed by atoms with E-state index < -0.39 is 0 Å². The highest BCUT2D eigenvalue weighted by atomic mass is 15.2. The Morgan fingerprint density at radius 1 is 0.267 bits per heavy atom. The smallest absolute Gasteiger partial charge is 0.238 e. The summed E-state index contributed by atoms with van der Waals surface area (Å²) < 4.78 is 4.31. The minimum absolute atomic E-state index is 0.536. The Morgan fingerprint density at radius 3 is 1.27 bits per heavy atom. The molecule has 8 nitrogen and oxygen atoms in total. The Balaban J connectivity index is 1.09. The van der Waals surface area contributed by atoms with Crippen molar-refractivity contribution in [2.75, 3.05) is 0 Å². The summed E-state index contributed by atoms with van der Waals surface area (Å²) in [5.41, 5.74) is 7.60. The third-order valence-electron chi connectivity index (χ3n) is 11.2. The fraction of sp³-hybridized carbons (Fsp3) is 0. The van der Waals surface area contributed by atoms with Crippen molar-refractivity contribution in [1.29, 1.82) is 0 Å². The molecule has 0 unspecified atom stereocenters. The van der Waals surface area contributed by atoms with E-state index in [1.54, 1.807) is 0 Å². The van der Waals surface area contributed by atoms with Gasteiger partial charge in [-0.2, -0.15) is 19.9 Å². The lowest BCUT2D eigenvalue weighted by atomic mass is 10.0. The van der Waals surface area contributed by atoms with Crippen LogP contribution in [0.2, 0.25) is 0 Å². The molecule has 0 aliphatic rings. The molecule has 0 saturated heterocycles. The number of rotatable bonds is 6. The molecule has 4 heterocycles. The molecule has 280 valence electrons. The summed E-state index contributed by atoms with van der Waals surface area (Å²) in [5.74, 6) is 3.46. The molecule has 0 spiro atoms. The van der Waals surface area contributed by atoms with Crippen LogP contribution in [0.1, 0.15) is 0 Å². The van der Waals surface area contributed by atoms with Crippen molar-refractivity contribution in [2.24, 2.45) is 0 Å². The molecule has 12 aromatic rings. The third kappa shape index (κ3) is 5.46. The van der Waals surface area contributed by atoms with Crippen LogP contribution in [0.5, 0.6) is 0 Å². The quantitative estimate of drug-likeness (QED) is 0.167. The van der Waals surface area contributed by atoms with E-state index in [1.807, 2.05) is 91.0 Å². The molecule has 0 aliphatic heterocycles. The molecule has 12 rings (SSSR count). The number of para-hydroxylation sites is 2. The highest BCUT2D eigenvalue weighted by Gasteiger charge is 2.22. The molecule has 0 fully saturated rings. The molecule has 4 aromatic heterocycles. The van der Waals surface area contributed by atoms with Crippen LogP contribution in [-0.2, 0) is 0 Å². The molecule has 0 atom stereocenters. The SMILES string of the molecule is c1ccc(-c2nc(-c3ccccc3)nc(-n3c4ccccc4c4cc(-c5nc(-c6ccccc6)nc(-n6c7ccccc7c7c8ccccc8ccc76)n5)ccc43)n2)cc1. The Morgan fingerprint density at radius 2 is 0.683 bits per heavy atom. The van der Waals surface area contributed by atoms with Gasteiger partial charge >= 0.3 is 0 Å². The van der Waals surface area contributed by atoms with E-state index in [0.717, 1.165) is 60.5 Å². The van der Waals surface area contributed by atoms with Crippen molar-refractivity contribution in [3.63, 3.8) is 0 Å².